The summed E-state index contributed by atoms with van der Waals surface area (Å²) in [4.78, 5) is 0. The molecule has 4 heteroatoms. The van der Waals surface area contributed by atoms with Crippen molar-refractivity contribution in [3.8, 4) is 0 Å². The molecule has 0 aromatic heterocycles. The minimum atomic E-state index is -1.81. The van der Waals surface area contributed by atoms with Crippen molar-refractivity contribution < 1.29 is 14.2 Å². The molecule has 4 atom stereocenters. The highest BCUT2D eigenvalue weighted by atomic mass is 19.2. The molecule has 0 aromatic carbocycles. The Morgan fingerprint density at radius 3 is 2.36 bits per heavy atom. The Hall–Kier alpha value is -0.0851. The lowest BCUT2D eigenvalue weighted by atomic mass is 9.81. The molecule has 0 aliphatic carbocycles. The first-order valence-corrected chi connectivity index (χ1v) is 3.99. The second kappa shape index (κ2) is 2.75. The van der Waals surface area contributed by atoms with Gasteiger partial charge in [0.2, 0.25) is 5.85 Å². The molecule has 1 rings (SSSR count). The van der Waals surface area contributed by atoms with Gasteiger partial charge in [-0.2, -0.15) is 0 Å². The zero-order valence-electron chi connectivity index (χ0n) is 7.17. The van der Waals surface area contributed by atoms with E-state index in [-0.39, 0.29) is 17.8 Å². The summed E-state index contributed by atoms with van der Waals surface area (Å²) in [6, 6.07) is -0.0952. The van der Waals surface area contributed by atoms with Crippen molar-refractivity contribution in [3.05, 3.63) is 0 Å². The highest BCUT2D eigenvalue weighted by Crippen LogP contribution is 2.39. The molecular formula is C7H14BFO2. The molecule has 0 radical (unpaired) electrons. The Labute approximate surface area is 67.1 Å². The van der Waals surface area contributed by atoms with E-state index >= 15 is 0 Å². The van der Waals surface area contributed by atoms with Gasteiger partial charge < -0.3 is 9.84 Å². The van der Waals surface area contributed by atoms with Crippen LogP contribution in [0.3, 0.4) is 0 Å². The van der Waals surface area contributed by atoms with Crippen LogP contribution in [0, 0.1) is 11.8 Å². The molecule has 1 N–H and O–H groups in total. The van der Waals surface area contributed by atoms with E-state index in [9.17, 15) is 4.39 Å². The predicted octanol–water partition coefficient (Wildman–Crippen LogP) is -0.0939. The van der Waals surface area contributed by atoms with Crippen molar-refractivity contribution in [2.45, 2.75) is 25.7 Å². The van der Waals surface area contributed by atoms with Gasteiger partial charge in [-0.25, -0.2) is 4.39 Å². The van der Waals surface area contributed by atoms with Crippen LogP contribution in [-0.2, 0) is 4.74 Å². The SMILES string of the molecule is B[C@@H]1O[C@](F)(CO)[C@@H](C)[C@H]1C. The van der Waals surface area contributed by atoms with Crippen molar-refractivity contribution in [3.63, 3.8) is 0 Å². The lowest BCUT2D eigenvalue weighted by Crippen LogP contribution is -2.33. The fourth-order valence-electron chi connectivity index (χ4n) is 1.50. The van der Waals surface area contributed by atoms with E-state index in [2.05, 4.69) is 0 Å². The van der Waals surface area contributed by atoms with Crippen LogP contribution in [0.15, 0.2) is 0 Å². The average Bonchev–Trinajstić information content (AvgIpc) is 2.17. The van der Waals surface area contributed by atoms with Gasteiger partial charge in [-0.3, -0.25) is 0 Å². The summed E-state index contributed by atoms with van der Waals surface area (Å²) >= 11 is 0. The molecule has 0 aromatic rings. The normalized spacial score (nSPS) is 51.5. The third kappa shape index (κ3) is 1.29. The smallest absolute Gasteiger partial charge is 0.234 e. The number of rotatable bonds is 1. The molecule has 0 saturated carbocycles. The van der Waals surface area contributed by atoms with Gasteiger partial charge in [0, 0.05) is 11.9 Å². The number of halogens is 1. The Balaban J connectivity index is 2.73. The maximum atomic E-state index is 13.5. The highest BCUT2D eigenvalue weighted by Gasteiger charge is 2.49. The Kier molecular flexibility index (Phi) is 2.26. The van der Waals surface area contributed by atoms with E-state index in [0.717, 1.165) is 0 Å². The molecule has 0 amide bonds. The van der Waals surface area contributed by atoms with Crippen molar-refractivity contribution in [1.82, 2.24) is 0 Å². The highest BCUT2D eigenvalue weighted by molar-refractivity contribution is 6.11. The molecular weight excluding hydrogens is 146 g/mol. The first kappa shape index (κ1) is 9.01. The molecule has 0 unspecified atom stereocenters. The molecule has 1 heterocycles. The van der Waals surface area contributed by atoms with Crippen LogP contribution in [0.2, 0.25) is 0 Å². The fraction of sp³-hybridized carbons (Fsp3) is 1.00. The molecule has 1 aliphatic rings. The topological polar surface area (TPSA) is 29.5 Å². The first-order valence-electron chi connectivity index (χ1n) is 3.99. The van der Waals surface area contributed by atoms with Crippen LogP contribution in [-0.4, -0.2) is 31.4 Å². The molecule has 2 nitrogen and oxygen atoms in total. The maximum absolute atomic E-state index is 13.5. The van der Waals surface area contributed by atoms with E-state index in [1.165, 1.54) is 0 Å². The minimum Gasteiger partial charge on any atom is -0.390 e. The molecule has 1 fully saturated rings. The number of alkyl halides is 1. The molecule has 1 saturated heterocycles. The molecule has 11 heavy (non-hydrogen) atoms. The molecule has 64 valence electrons. The van der Waals surface area contributed by atoms with Crippen LogP contribution >= 0.6 is 0 Å². The van der Waals surface area contributed by atoms with Gasteiger partial charge >= 0.3 is 0 Å². The maximum Gasteiger partial charge on any atom is 0.234 e. The van der Waals surface area contributed by atoms with Crippen molar-refractivity contribution in [1.29, 1.82) is 0 Å². The van der Waals surface area contributed by atoms with Gasteiger partial charge in [-0.15, -0.1) is 0 Å². The van der Waals surface area contributed by atoms with Crippen LogP contribution in [0.4, 0.5) is 4.39 Å². The predicted molar refractivity (Wildman–Crippen MR) is 42.7 cm³/mol. The van der Waals surface area contributed by atoms with E-state index in [1.807, 2.05) is 14.8 Å². The van der Waals surface area contributed by atoms with E-state index in [1.54, 1.807) is 6.92 Å². The summed E-state index contributed by atoms with van der Waals surface area (Å²) < 4.78 is 18.5. The van der Waals surface area contributed by atoms with Gasteiger partial charge in [0.25, 0.3) is 0 Å². The summed E-state index contributed by atoms with van der Waals surface area (Å²) in [5, 5.41) is 8.73. The largest absolute Gasteiger partial charge is 0.390 e. The van der Waals surface area contributed by atoms with Crippen molar-refractivity contribution in [2.24, 2.45) is 11.8 Å². The number of hydrogen-bond acceptors (Lipinski definition) is 2. The third-order valence-electron chi connectivity index (χ3n) is 2.81. The lowest BCUT2D eigenvalue weighted by molar-refractivity contribution is -0.163. The Morgan fingerprint density at radius 1 is 1.64 bits per heavy atom. The Bertz CT molecular complexity index is 155. The van der Waals surface area contributed by atoms with Crippen LogP contribution in [0.1, 0.15) is 13.8 Å². The number of ether oxygens (including phenoxy) is 1. The number of hydrogen-bond donors (Lipinski definition) is 1. The summed E-state index contributed by atoms with van der Waals surface area (Å²) in [5.74, 6) is -1.85. The van der Waals surface area contributed by atoms with E-state index < -0.39 is 12.5 Å². The van der Waals surface area contributed by atoms with Crippen molar-refractivity contribution in [2.75, 3.05) is 6.61 Å². The fourth-order valence-corrected chi connectivity index (χ4v) is 1.50. The molecule has 0 bridgehead atoms. The van der Waals surface area contributed by atoms with Gasteiger partial charge in [0.05, 0.1) is 0 Å². The monoisotopic (exact) mass is 160 g/mol. The van der Waals surface area contributed by atoms with Gasteiger partial charge in [-0.1, -0.05) is 13.8 Å². The minimum absolute atomic E-state index is 0.0952. The summed E-state index contributed by atoms with van der Waals surface area (Å²) in [6.45, 7) is 3.17. The first-order chi connectivity index (χ1) is 5.01. The van der Waals surface area contributed by atoms with Gasteiger partial charge in [0.15, 0.2) is 0 Å². The summed E-state index contributed by atoms with van der Waals surface area (Å²) in [5.41, 5.74) is 0. The Morgan fingerprint density at radius 2 is 2.18 bits per heavy atom. The quantitative estimate of drug-likeness (QED) is 0.543. The summed E-state index contributed by atoms with van der Waals surface area (Å²) in [6.07, 6.45) is 0. The number of aliphatic hydroxyl groups excluding tert-OH is 1. The number of aliphatic hydroxyl groups is 1. The van der Waals surface area contributed by atoms with Crippen LogP contribution in [0.25, 0.3) is 0 Å². The standard InChI is InChI=1S/C7H14BFO2/c1-4-5(2)7(9,3-10)11-6(4)8/h4-6,10H,3,8H2,1-2H3/t4-,5+,6-,7-/m1/s1. The van der Waals surface area contributed by atoms with Crippen LogP contribution in [0.5, 0.6) is 0 Å². The van der Waals surface area contributed by atoms with Gasteiger partial charge in [-0.05, 0) is 5.92 Å². The third-order valence-corrected chi connectivity index (χ3v) is 2.81. The lowest BCUT2D eigenvalue weighted by Gasteiger charge is -2.21. The van der Waals surface area contributed by atoms with E-state index in [4.69, 9.17) is 9.84 Å². The zero-order valence-corrected chi connectivity index (χ0v) is 7.17. The van der Waals surface area contributed by atoms with Crippen molar-refractivity contribution >= 4 is 7.85 Å². The second-order valence-electron chi connectivity index (χ2n) is 3.42. The molecule has 1 aliphatic heterocycles. The summed E-state index contributed by atoms with van der Waals surface area (Å²) in [7, 11) is 1.83. The zero-order chi connectivity index (χ0) is 8.65. The van der Waals surface area contributed by atoms with Crippen LogP contribution < -0.4 is 0 Å². The van der Waals surface area contributed by atoms with E-state index in [0.29, 0.717) is 0 Å². The molecule has 0 spiro atoms. The van der Waals surface area contributed by atoms with Gasteiger partial charge in [0.1, 0.15) is 14.5 Å². The average molecular weight is 160 g/mol. The second-order valence-corrected chi connectivity index (χ2v) is 3.42.